The molecule has 0 unspecified atom stereocenters. The van der Waals surface area contributed by atoms with Gasteiger partial charge in [0.15, 0.2) is 16.6 Å². The number of thiazole rings is 1. The number of para-hydroxylation sites is 1. The minimum absolute atomic E-state index is 0.180. The number of methoxy groups -OCH3 is 2. The van der Waals surface area contributed by atoms with E-state index in [0.717, 1.165) is 36.9 Å². The van der Waals surface area contributed by atoms with E-state index < -0.39 is 0 Å². The Balaban J connectivity index is 1.32. The lowest BCUT2D eigenvalue weighted by atomic mass is 10.2. The monoisotopic (exact) mass is 438 g/mol. The Morgan fingerprint density at radius 1 is 1.00 bits per heavy atom. The zero-order valence-corrected chi connectivity index (χ0v) is 18.5. The summed E-state index contributed by atoms with van der Waals surface area (Å²) in [5.74, 6) is 1.12. The maximum atomic E-state index is 12.6. The van der Waals surface area contributed by atoms with Gasteiger partial charge in [0, 0.05) is 43.8 Å². The molecule has 1 fully saturated rings. The van der Waals surface area contributed by atoms with Gasteiger partial charge in [-0.2, -0.15) is 0 Å². The lowest BCUT2D eigenvalue weighted by molar-refractivity contribution is 0.0946. The first-order valence-electron chi connectivity index (χ1n) is 10.2. The molecule has 4 rings (SSSR count). The standard InChI is InChI=1S/C23H26N4O3S/c1-29-20-9-8-17(14-21(20)30-2)15-24-22(28)19-16-31-23(25-19)27-12-10-26(11-13-27)18-6-4-3-5-7-18/h3-9,14,16H,10-13,15H2,1-2H3,(H,24,28). The molecule has 0 bridgehead atoms. The number of hydrogen-bond acceptors (Lipinski definition) is 7. The Morgan fingerprint density at radius 2 is 1.71 bits per heavy atom. The molecule has 0 spiro atoms. The van der Waals surface area contributed by atoms with Gasteiger partial charge >= 0.3 is 0 Å². The van der Waals surface area contributed by atoms with Crippen LogP contribution in [0.15, 0.2) is 53.9 Å². The first kappa shape index (κ1) is 21.0. The van der Waals surface area contributed by atoms with E-state index in [0.29, 0.717) is 23.7 Å². The molecule has 1 aromatic heterocycles. The van der Waals surface area contributed by atoms with Crippen molar-refractivity contribution in [1.82, 2.24) is 10.3 Å². The average molecular weight is 439 g/mol. The molecule has 0 radical (unpaired) electrons. The van der Waals surface area contributed by atoms with Gasteiger partial charge in [-0.15, -0.1) is 11.3 Å². The number of rotatable bonds is 7. The van der Waals surface area contributed by atoms with E-state index in [1.165, 1.54) is 17.0 Å². The molecule has 2 heterocycles. The lowest BCUT2D eigenvalue weighted by Crippen LogP contribution is -2.46. The van der Waals surface area contributed by atoms with Gasteiger partial charge in [-0.25, -0.2) is 4.98 Å². The Morgan fingerprint density at radius 3 is 2.42 bits per heavy atom. The summed E-state index contributed by atoms with van der Waals surface area (Å²) in [5.41, 5.74) is 2.63. The predicted octanol–water partition coefficient (Wildman–Crippen LogP) is 3.42. The first-order valence-corrected chi connectivity index (χ1v) is 11.1. The fourth-order valence-electron chi connectivity index (χ4n) is 3.57. The number of aromatic nitrogens is 1. The van der Waals surface area contributed by atoms with Gasteiger partial charge in [0.2, 0.25) is 0 Å². The number of amides is 1. The van der Waals surface area contributed by atoms with E-state index in [-0.39, 0.29) is 5.91 Å². The average Bonchev–Trinajstić information content (AvgIpc) is 3.33. The molecule has 3 aromatic rings. The van der Waals surface area contributed by atoms with Crippen molar-refractivity contribution in [2.24, 2.45) is 0 Å². The number of benzene rings is 2. The number of carbonyl (C=O) groups is 1. The van der Waals surface area contributed by atoms with Crippen molar-refractivity contribution in [3.63, 3.8) is 0 Å². The predicted molar refractivity (Wildman–Crippen MR) is 124 cm³/mol. The third kappa shape index (κ3) is 4.91. The van der Waals surface area contributed by atoms with E-state index in [1.807, 2.05) is 29.6 Å². The Kier molecular flexibility index (Phi) is 6.57. The molecule has 1 saturated heterocycles. The summed E-state index contributed by atoms with van der Waals surface area (Å²) in [6.45, 7) is 4.03. The molecular weight excluding hydrogens is 412 g/mol. The van der Waals surface area contributed by atoms with Crippen molar-refractivity contribution in [1.29, 1.82) is 0 Å². The summed E-state index contributed by atoms with van der Waals surface area (Å²) in [5, 5.41) is 5.65. The topological polar surface area (TPSA) is 66.9 Å². The molecule has 1 N–H and O–H groups in total. The van der Waals surface area contributed by atoms with Crippen molar-refractivity contribution in [2.75, 3.05) is 50.2 Å². The van der Waals surface area contributed by atoms with Crippen LogP contribution in [0.4, 0.5) is 10.8 Å². The molecule has 0 atom stereocenters. The van der Waals surface area contributed by atoms with Crippen molar-refractivity contribution < 1.29 is 14.3 Å². The molecule has 1 aliphatic rings. The van der Waals surface area contributed by atoms with Gasteiger partial charge in [-0.05, 0) is 29.8 Å². The number of anilines is 2. The first-order chi connectivity index (χ1) is 15.2. The third-order valence-corrected chi connectivity index (χ3v) is 6.20. The molecule has 1 aliphatic heterocycles. The summed E-state index contributed by atoms with van der Waals surface area (Å²) < 4.78 is 10.6. The molecule has 2 aromatic carbocycles. The number of nitrogens with zero attached hydrogens (tertiary/aromatic N) is 3. The summed E-state index contributed by atoms with van der Waals surface area (Å²) in [6.07, 6.45) is 0. The van der Waals surface area contributed by atoms with Crippen LogP contribution < -0.4 is 24.6 Å². The second kappa shape index (κ2) is 9.70. The molecule has 0 saturated carbocycles. The van der Waals surface area contributed by atoms with Crippen molar-refractivity contribution in [3.05, 3.63) is 65.2 Å². The van der Waals surface area contributed by atoms with Gasteiger partial charge in [-0.1, -0.05) is 24.3 Å². The van der Waals surface area contributed by atoms with Crippen LogP contribution in [0.1, 0.15) is 16.1 Å². The van der Waals surface area contributed by atoms with Crippen LogP contribution in [0.5, 0.6) is 11.5 Å². The van der Waals surface area contributed by atoms with E-state index >= 15 is 0 Å². The Bertz CT molecular complexity index is 1020. The van der Waals surface area contributed by atoms with E-state index in [1.54, 1.807) is 14.2 Å². The minimum atomic E-state index is -0.180. The van der Waals surface area contributed by atoms with E-state index in [9.17, 15) is 4.79 Å². The lowest BCUT2D eigenvalue weighted by Gasteiger charge is -2.35. The quantitative estimate of drug-likeness (QED) is 0.610. The van der Waals surface area contributed by atoms with Gasteiger partial charge in [-0.3, -0.25) is 4.79 Å². The molecule has 162 valence electrons. The molecule has 8 heteroatoms. The minimum Gasteiger partial charge on any atom is -0.493 e. The van der Waals surface area contributed by atoms with Crippen LogP contribution in [-0.4, -0.2) is 51.3 Å². The van der Waals surface area contributed by atoms with Crippen LogP contribution in [0.3, 0.4) is 0 Å². The highest BCUT2D eigenvalue weighted by molar-refractivity contribution is 7.13. The van der Waals surface area contributed by atoms with Crippen LogP contribution >= 0.6 is 11.3 Å². The highest BCUT2D eigenvalue weighted by atomic mass is 32.1. The summed E-state index contributed by atoms with van der Waals surface area (Å²) in [4.78, 5) is 21.8. The molecule has 1 amide bonds. The number of carbonyl (C=O) groups excluding carboxylic acids is 1. The van der Waals surface area contributed by atoms with Crippen LogP contribution in [-0.2, 0) is 6.54 Å². The highest BCUT2D eigenvalue weighted by Gasteiger charge is 2.21. The van der Waals surface area contributed by atoms with Gasteiger partial charge in [0.1, 0.15) is 5.69 Å². The summed E-state index contributed by atoms with van der Waals surface area (Å²) in [6, 6.07) is 16.0. The Hall–Kier alpha value is -3.26. The summed E-state index contributed by atoms with van der Waals surface area (Å²) in [7, 11) is 3.19. The van der Waals surface area contributed by atoms with Crippen molar-refractivity contribution >= 4 is 28.1 Å². The normalized spacial score (nSPS) is 13.7. The largest absolute Gasteiger partial charge is 0.493 e. The molecule has 7 nitrogen and oxygen atoms in total. The Labute approximate surface area is 186 Å². The fraction of sp³-hybridized carbons (Fsp3) is 0.304. The molecule has 0 aliphatic carbocycles. The number of ether oxygens (including phenoxy) is 2. The van der Waals surface area contributed by atoms with Crippen molar-refractivity contribution in [2.45, 2.75) is 6.54 Å². The van der Waals surface area contributed by atoms with Gasteiger partial charge in [0.25, 0.3) is 5.91 Å². The SMILES string of the molecule is COc1ccc(CNC(=O)c2csc(N3CCN(c4ccccc4)CC3)n2)cc1OC. The van der Waals surface area contributed by atoms with Crippen molar-refractivity contribution in [3.8, 4) is 11.5 Å². The van der Waals surface area contributed by atoms with E-state index in [2.05, 4.69) is 44.4 Å². The fourth-order valence-corrected chi connectivity index (χ4v) is 4.43. The molecular formula is C23H26N4O3S. The van der Waals surface area contributed by atoms with Crippen LogP contribution in [0.25, 0.3) is 0 Å². The smallest absolute Gasteiger partial charge is 0.271 e. The second-order valence-corrected chi connectivity index (χ2v) is 8.03. The maximum absolute atomic E-state index is 12.6. The zero-order valence-electron chi connectivity index (χ0n) is 17.7. The maximum Gasteiger partial charge on any atom is 0.271 e. The highest BCUT2D eigenvalue weighted by Crippen LogP contribution is 2.28. The number of piperazine rings is 1. The van der Waals surface area contributed by atoms with Crippen LogP contribution in [0, 0.1) is 0 Å². The number of nitrogens with one attached hydrogen (secondary N) is 1. The summed E-state index contributed by atoms with van der Waals surface area (Å²) >= 11 is 1.51. The second-order valence-electron chi connectivity index (χ2n) is 7.20. The van der Waals surface area contributed by atoms with E-state index in [4.69, 9.17) is 9.47 Å². The number of hydrogen-bond donors (Lipinski definition) is 1. The zero-order chi connectivity index (χ0) is 21.6. The van der Waals surface area contributed by atoms with Crippen LogP contribution in [0.2, 0.25) is 0 Å². The molecule has 31 heavy (non-hydrogen) atoms. The van der Waals surface area contributed by atoms with Gasteiger partial charge < -0.3 is 24.6 Å². The third-order valence-electron chi connectivity index (χ3n) is 5.30. The van der Waals surface area contributed by atoms with Gasteiger partial charge in [0.05, 0.1) is 14.2 Å².